The normalized spacial score (nSPS) is 11.2. The molecular formula is C13H28N2O2. The van der Waals surface area contributed by atoms with Gasteiger partial charge in [-0.2, -0.15) is 0 Å². The highest BCUT2D eigenvalue weighted by Gasteiger charge is 2.00. The Balaban J connectivity index is 3.22. The maximum Gasteiger partial charge on any atom is 0.233 e. The molecule has 0 spiro atoms. The monoisotopic (exact) mass is 244 g/mol. The molecule has 0 atom stereocenters. The molecule has 0 aliphatic rings. The Morgan fingerprint density at radius 2 is 1.82 bits per heavy atom. The molecule has 0 aromatic carbocycles. The quantitative estimate of drug-likeness (QED) is 0.571. The third-order valence-electron chi connectivity index (χ3n) is 2.20. The molecule has 0 aliphatic heterocycles. The molecule has 0 aromatic rings. The van der Waals surface area contributed by atoms with E-state index < -0.39 is 0 Å². The van der Waals surface area contributed by atoms with Gasteiger partial charge in [-0.25, -0.2) is 0 Å². The highest BCUT2D eigenvalue weighted by molar-refractivity contribution is 5.77. The Morgan fingerprint density at radius 1 is 1.12 bits per heavy atom. The number of rotatable bonds is 10. The number of carbonyl (C=O) groups is 1. The average molecular weight is 244 g/mol. The van der Waals surface area contributed by atoms with Crippen LogP contribution in [0.15, 0.2) is 0 Å². The number of amides is 1. The first-order valence-electron chi connectivity index (χ1n) is 6.57. The molecule has 17 heavy (non-hydrogen) atoms. The van der Waals surface area contributed by atoms with E-state index in [1.54, 1.807) is 0 Å². The Labute approximate surface area is 105 Å². The molecule has 2 N–H and O–H groups in total. The van der Waals surface area contributed by atoms with Crippen LogP contribution in [0.1, 0.15) is 34.1 Å². The Kier molecular flexibility index (Phi) is 10.2. The van der Waals surface area contributed by atoms with Gasteiger partial charge in [-0.05, 0) is 18.3 Å². The number of nitrogens with one attached hydrogen (secondary N) is 2. The molecule has 0 saturated carbocycles. The summed E-state index contributed by atoms with van der Waals surface area (Å²) in [6.07, 6.45) is 1.03. The van der Waals surface area contributed by atoms with Gasteiger partial charge in [0.1, 0.15) is 0 Å². The first-order valence-corrected chi connectivity index (χ1v) is 6.57. The highest BCUT2D eigenvalue weighted by Crippen LogP contribution is 1.95. The topological polar surface area (TPSA) is 50.4 Å². The zero-order valence-corrected chi connectivity index (χ0v) is 11.7. The third kappa shape index (κ3) is 13.3. The van der Waals surface area contributed by atoms with E-state index >= 15 is 0 Å². The smallest absolute Gasteiger partial charge is 0.233 e. The lowest BCUT2D eigenvalue weighted by Crippen LogP contribution is -2.36. The molecule has 0 fully saturated rings. The summed E-state index contributed by atoms with van der Waals surface area (Å²) in [5, 5.41) is 5.94. The lowest BCUT2D eigenvalue weighted by molar-refractivity contribution is -0.120. The molecule has 0 rings (SSSR count). The minimum absolute atomic E-state index is 0.0644. The fraction of sp³-hybridized carbons (Fsp3) is 0.923. The molecule has 1 amide bonds. The lowest BCUT2D eigenvalue weighted by Gasteiger charge is -2.09. The average Bonchev–Trinajstić information content (AvgIpc) is 2.22. The summed E-state index contributed by atoms with van der Waals surface area (Å²) in [6, 6.07) is 0. The number of carbonyl (C=O) groups excluding carboxylic acids is 1. The van der Waals surface area contributed by atoms with Crippen molar-refractivity contribution in [1.29, 1.82) is 0 Å². The minimum Gasteiger partial charge on any atom is -0.380 e. The van der Waals surface area contributed by atoms with Crippen molar-refractivity contribution in [3.8, 4) is 0 Å². The predicted molar refractivity (Wildman–Crippen MR) is 71.0 cm³/mol. The van der Waals surface area contributed by atoms with E-state index in [0.717, 1.165) is 26.1 Å². The molecule has 4 heteroatoms. The summed E-state index contributed by atoms with van der Waals surface area (Å²) in [6.45, 7) is 11.9. The number of hydrogen-bond acceptors (Lipinski definition) is 3. The van der Waals surface area contributed by atoms with E-state index in [2.05, 4.69) is 38.3 Å². The van der Waals surface area contributed by atoms with Crippen molar-refractivity contribution in [1.82, 2.24) is 10.6 Å². The van der Waals surface area contributed by atoms with E-state index in [4.69, 9.17) is 4.74 Å². The van der Waals surface area contributed by atoms with Crippen molar-refractivity contribution in [2.24, 2.45) is 11.8 Å². The van der Waals surface area contributed by atoms with Crippen LogP contribution in [0.25, 0.3) is 0 Å². The van der Waals surface area contributed by atoms with Crippen LogP contribution in [0, 0.1) is 11.8 Å². The van der Waals surface area contributed by atoms with Gasteiger partial charge in [0.15, 0.2) is 0 Å². The summed E-state index contributed by atoms with van der Waals surface area (Å²) in [5.41, 5.74) is 0. The number of hydrogen-bond donors (Lipinski definition) is 2. The van der Waals surface area contributed by atoms with E-state index in [1.165, 1.54) is 0 Å². The fourth-order valence-corrected chi connectivity index (χ4v) is 1.23. The third-order valence-corrected chi connectivity index (χ3v) is 2.20. The lowest BCUT2D eigenvalue weighted by atomic mass is 10.1. The van der Waals surface area contributed by atoms with E-state index in [0.29, 0.717) is 25.0 Å². The van der Waals surface area contributed by atoms with Gasteiger partial charge in [-0.3, -0.25) is 4.79 Å². The van der Waals surface area contributed by atoms with Crippen LogP contribution in [0.3, 0.4) is 0 Å². The van der Waals surface area contributed by atoms with E-state index in [-0.39, 0.29) is 5.91 Å². The Bertz CT molecular complexity index is 194. The minimum atomic E-state index is 0.0644. The Hall–Kier alpha value is -0.610. The second-order valence-corrected chi connectivity index (χ2v) is 5.18. The van der Waals surface area contributed by atoms with Gasteiger partial charge in [-0.15, -0.1) is 0 Å². The van der Waals surface area contributed by atoms with Crippen molar-refractivity contribution in [3.63, 3.8) is 0 Å². The van der Waals surface area contributed by atoms with Gasteiger partial charge in [0.25, 0.3) is 0 Å². The van der Waals surface area contributed by atoms with Gasteiger partial charge in [-0.1, -0.05) is 27.7 Å². The van der Waals surface area contributed by atoms with Crippen molar-refractivity contribution < 1.29 is 9.53 Å². The molecule has 0 aromatic heterocycles. The summed E-state index contributed by atoms with van der Waals surface area (Å²) >= 11 is 0. The van der Waals surface area contributed by atoms with E-state index in [9.17, 15) is 4.79 Å². The molecule has 4 nitrogen and oxygen atoms in total. The molecule has 0 aliphatic carbocycles. The first kappa shape index (κ1) is 16.4. The molecule has 0 unspecified atom stereocenters. The van der Waals surface area contributed by atoms with Crippen LogP contribution in [0.5, 0.6) is 0 Å². The standard InChI is InChI=1S/C13H28N2O2/c1-11(2)5-6-15-13(16)9-14-7-8-17-10-12(3)4/h11-12,14H,5-10H2,1-4H3,(H,15,16). The van der Waals surface area contributed by atoms with Crippen LogP contribution < -0.4 is 10.6 Å². The van der Waals surface area contributed by atoms with Crippen LogP contribution in [-0.2, 0) is 9.53 Å². The van der Waals surface area contributed by atoms with Crippen molar-refractivity contribution in [2.45, 2.75) is 34.1 Å². The summed E-state index contributed by atoms with van der Waals surface area (Å²) in [7, 11) is 0. The first-order chi connectivity index (χ1) is 8.02. The second-order valence-electron chi connectivity index (χ2n) is 5.18. The van der Waals surface area contributed by atoms with Crippen LogP contribution >= 0.6 is 0 Å². The fourth-order valence-electron chi connectivity index (χ4n) is 1.23. The zero-order chi connectivity index (χ0) is 13.1. The van der Waals surface area contributed by atoms with Crippen molar-refractivity contribution in [3.05, 3.63) is 0 Å². The van der Waals surface area contributed by atoms with Gasteiger partial charge >= 0.3 is 0 Å². The Morgan fingerprint density at radius 3 is 2.41 bits per heavy atom. The molecule has 0 bridgehead atoms. The van der Waals surface area contributed by atoms with Gasteiger partial charge in [0, 0.05) is 19.7 Å². The predicted octanol–water partition coefficient (Wildman–Crippen LogP) is 1.41. The van der Waals surface area contributed by atoms with Crippen molar-refractivity contribution in [2.75, 3.05) is 32.8 Å². The number of ether oxygens (including phenoxy) is 1. The van der Waals surface area contributed by atoms with E-state index in [1.807, 2.05) is 0 Å². The highest BCUT2D eigenvalue weighted by atomic mass is 16.5. The maximum absolute atomic E-state index is 11.4. The largest absolute Gasteiger partial charge is 0.380 e. The van der Waals surface area contributed by atoms with Gasteiger partial charge in [0.2, 0.25) is 5.91 Å². The van der Waals surface area contributed by atoms with Crippen LogP contribution in [0.4, 0.5) is 0 Å². The maximum atomic E-state index is 11.4. The van der Waals surface area contributed by atoms with Crippen molar-refractivity contribution >= 4 is 5.91 Å². The van der Waals surface area contributed by atoms with Crippen LogP contribution in [0.2, 0.25) is 0 Å². The zero-order valence-electron chi connectivity index (χ0n) is 11.7. The van der Waals surface area contributed by atoms with Crippen LogP contribution in [-0.4, -0.2) is 38.8 Å². The molecule has 0 saturated heterocycles. The summed E-state index contributed by atoms with van der Waals surface area (Å²) < 4.78 is 5.40. The second kappa shape index (κ2) is 10.5. The summed E-state index contributed by atoms with van der Waals surface area (Å²) in [4.78, 5) is 11.4. The SMILES string of the molecule is CC(C)CCNC(=O)CNCCOCC(C)C. The molecule has 0 radical (unpaired) electrons. The molecule has 0 heterocycles. The molecular weight excluding hydrogens is 216 g/mol. The van der Waals surface area contributed by atoms with Gasteiger partial charge in [0.05, 0.1) is 13.2 Å². The van der Waals surface area contributed by atoms with Gasteiger partial charge < -0.3 is 15.4 Å². The molecule has 102 valence electrons. The summed E-state index contributed by atoms with van der Waals surface area (Å²) in [5.74, 6) is 1.26.